The van der Waals surface area contributed by atoms with Gasteiger partial charge < -0.3 is 5.32 Å². The summed E-state index contributed by atoms with van der Waals surface area (Å²) in [6, 6.07) is 3.11. The van der Waals surface area contributed by atoms with Crippen molar-refractivity contribution in [3.8, 4) is 0 Å². The van der Waals surface area contributed by atoms with E-state index in [0.29, 0.717) is 10.7 Å². The van der Waals surface area contributed by atoms with Gasteiger partial charge in [0.1, 0.15) is 5.15 Å². The van der Waals surface area contributed by atoms with Crippen LogP contribution in [0.25, 0.3) is 0 Å². The van der Waals surface area contributed by atoms with Gasteiger partial charge >= 0.3 is 0 Å². The number of carbonyl (C=O) groups excluding carboxylic acids is 1. The zero-order valence-electron chi connectivity index (χ0n) is 10.9. The molecule has 1 atom stereocenters. The van der Waals surface area contributed by atoms with E-state index in [-0.39, 0.29) is 11.9 Å². The number of rotatable bonds is 3. The van der Waals surface area contributed by atoms with E-state index in [1.807, 2.05) is 20.8 Å². The lowest BCUT2D eigenvalue weighted by atomic mass is 10.2. The van der Waals surface area contributed by atoms with Gasteiger partial charge in [0.25, 0.3) is 5.91 Å². The van der Waals surface area contributed by atoms with E-state index in [9.17, 15) is 4.79 Å². The Morgan fingerprint density at radius 1 is 1.47 bits per heavy atom. The minimum atomic E-state index is -0.165. The van der Waals surface area contributed by atoms with Gasteiger partial charge in [-0.15, -0.1) is 11.3 Å². The third-order valence-electron chi connectivity index (χ3n) is 2.67. The van der Waals surface area contributed by atoms with Gasteiger partial charge in [0.05, 0.1) is 16.7 Å². The van der Waals surface area contributed by atoms with Crippen LogP contribution in [0.3, 0.4) is 0 Å². The Hall–Kier alpha value is -1.46. The van der Waals surface area contributed by atoms with Crippen LogP contribution in [0.15, 0.2) is 18.3 Å². The molecule has 1 N–H and O–H groups in total. The molecule has 0 aliphatic heterocycles. The number of hydrogen-bond donors (Lipinski definition) is 1. The Morgan fingerprint density at radius 2 is 2.21 bits per heavy atom. The maximum absolute atomic E-state index is 12.1. The Labute approximate surface area is 120 Å². The monoisotopic (exact) mass is 295 g/mol. The summed E-state index contributed by atoms with van der Waals surface area (Å²) in [7, 11) is 0. The fraction of sp³-hybridized carbons (Fsp3) is 0.308. The quantitative estimate of drug-likeness (QED) is 0.884. The molecular formula is C13H14ClN3OS. The van der Waals surface area contributed by atoms with Crippen LogP contribution in [0.1, 0.15) is 38.9 Å². The maximum atomic E-state index is 12.1. The highest BCUT2D eigenvalue weighted by Gasteiger charge is 2.16. The Balaban J connectivity index is 2.13. The highest BCUT2D eigenvalue weighted by atomic mass is 35.5. The van der Waals surface area contributed by atoms with E-state index in [4.69, 9.17) is 11.6 Å². The number of nitrogens with one attached hydrogen (secondary N) is 1. The van der Waals surface area contributed by atoms with Crippen molar-refractivity contribution in [3.05, 3.63) is 44.6 Å². The molecule has 0 aromatic carbocycles. The van der Waals surface area contributed by atoms with Crippen LogP contribution in [-0.4, -0.2) is 15.9 Å². The number of nitrogens with zero attached hydrogens (tertiary/aromatic N) is 2. The average Bonchev–Trinajstić information content (AvgIpc) is 2.68. The Morgan fingerprint density at radius 3 is 2.79 bits per heavy atom. The van der Waals surface area contributed by atoms with Crippen molar-refractivity contribution in [2.45, 2.75) is 26.8 Å². The Kier molecular flexibility index (Phi) is 4.17. The zero-order chi connectivity index (χ0) is 14.0. The smallest absolute Gasteiger partial charge is 0.251 e. The average molecular weight is 296 g/mol. The number of aryl methyl sites for hydroxylation is 2. The molecule has 0 aliphatic rings. The number of carbonyl (C=O) groups is 1. The van der Waals surface area contributed by atoms with E-state index in [1.165, 1.54) is 6.20 Å². The number of halogens is 1. The van der Waals surface area contributed by atoms with Gasteiger partial charge in [0, 0.05) is 16.6 Å². The first-order valence-corrected chi connectivity index (χ1v) is 7.03. The summed E-state index contributed by atoms with van der Waals surface area (Å²) in [5.41, 5.74) is 1.47. The molecule has 1 amide bonds. The second-order valence-electron chi connectivity index (χ2n) is 4.24. The first-order valence-electron chi connectivity index (χ1n) is 5.83. The zero-order valence-corrected chi connectivity index (χ0v) is 12.5. The van der Waals surface area contributed by atoms with Crippen molar-refractivity contribution < 1.29 is 4.79 Å². The molecule has 0 aliphatic carbocycles. The van der Waals surface area contributed by atoms with Crippen LogP contribution >= 0.6 is 22.9 Å². The van der Waals surface area contributed by atoms with Crippen LogP contribution in [0.5, 0.6) is 0 Å². The number of pyridine rings is 1. The maximum Gasteiger partial charge on any atom is 0.251 e. The number of aromatic nitrogens is 2. The molecule has 2 rings (SSSR count). The molecule has 100 valence electrons. The van der Waals surface area contributed by atoms with E-state index in [2.05, 4.69) is 15.3 Å². The van der Waals surface area contributed by atoms with E-state index in [0.717, 1.165) is 15.6 Å². The molecule has 0 spiro atoms. The first-order chi connectivity index (χ1) is 8.97. The van der Waals surface area contributed by atoms with Gasteiger partial charge in [-0.2, -0.15) is 0 Å². The minimum absolute atomic E-state index is 0.0781. The third-order valence-corrected chi connectivity index (χ3v) is 4.13. The Bertz CT molecular complexity index is 612. The molecule has 0 bridgehead atoms. The topological polar surface area (TPSA) is 54.9 Å². The van der Waals surface area contributed by atoms with Gasteiger partial charge in [-0.3, -0.25) is 4.79 Å². The number of hydrogen-bond acceptors (Lipinski definition) is 4. The van der Waals surface area contributed by atoms with Crippen molar-refractivity contribution in [3.63, 3.8) is 0 Å². The summed E-state index contributed by atoms with van der Waals surface area (Å²) in [5, 5.41) is 4.25. The lowest BCUT2D eigenvalue weighted by Crippen LogP contribution is -2.26. The van der Waals surface area contributed by atoms with Crippen molar-refractivity contribution in [2.75, 3.05) is 0 Å². The summed E-state index contributed by atoms with van der Waals surface area (Å²) in [4.78, 5) is 21.4. The summed E-state index contributed by atoms with van der Waals surface area (Å²) >= 11 is 7.37. The van der Waals surface area contributed by atoms with Crippen molar-refractivity contribution in [1.29, 1.82) is 0 Å². The molecule has 19 heavy (non-hydrogen) atoms. The van der Waals surface area contributed by atoms with Crippen LogP contribution in [0, 0.1) is 13.8 Å². The van der Waals surface area contributed by atoms with Crippen molar-refractivity contribution in [2.24, 2.45) is 0 Å². The first kappa shape index (κ1) is 14.0. The molecule has 0 radical (unpaired) electrons. The molecule has 0 saturated carbocycles. The van der Waals surface area contributed by atoms with Gasteiger partial charge in [-0.1, -0.05) is 11.6 Å². The standard InChI is InChI=1S/C13H14ClN3OS/c1-7-12(19-9(3)16-7)8(2)17-13(18)10-4-5-15-11(14)6-10/h4-6,8H,1-3H3,(H,17,18). The van der Waals surface area contributed by atoms with E-state index in [1.54, 1.807) is 23.5 Å². The van der Waals surface area contributed by atoms with Gasteiger partial charge in [-0.05, 0) is 32.9 Å². The van der Waals surface area contributed by atoms with Crippen molar-refractivity contribution >= 4 is 28.8 Å². The number of amides is 1. The lowest BCUT2D eigenvalue weighted by Gasteiger charge is -2.13. The summed E-state index contributed by atoms with van der Waals surface area (Å²) in [6.45, 7) is 5.85. The normalized spacial score (nSPS) is 12.2. The van der Waals surface area contributed by atoms with Gasteiger partial charge in [-0.25, -0.2) is 9.97 Å². The SMILES string of the molecule is Cc1nc(C)c(C(C)NC(=O)c2ccnc(Cl)c2)s1. The fourth-order valence-corrected chi connectivity index (χ4v) is 2.94. The van der Waals surface area contributed by atoms with E-state index >= 15 is 0 Å². The summed E-state index contributed by atoms with van der Waals surface area (Å²) in [5.74, 6) is -0.165. The lowest BCUT2D eigenvalue weighted by molar-refractivity contribution is 0.0940. The van der Waals surface area contributed by atoms with Crippen molar-refractivity contribution in [1.82, 2.24) is 15.3 Å². The van der Waals surface area contributed by atoms with Crippen LogP contribution in [0.2, 0.25) is 5.15 Å². The third kappa shape index (κ3) is 3.30. The highest BCUT2D eigenvalue weighted by Crippen LogP contribution is 2.24. The minimum Gasteiger partial charge on any atom is -0.345 e. The largest absolute Gasteiger partial charge is 0.345 e. The van der Waals surface area contributed by atoms with Crippen LogP contribution in [0.4, 0.5) is 0 Å². The molecule has 6 heteroatoms. The second-order valence-corrected chi connectivity index (χ2v) is 5.87. The van der Waals surface area contributed by atoms with E-state index < -0.39 is 0 Å². The molecule has 2 heterocycles. The molecule has 0 fully saturated rings. The highest BCUT2D eigenvalue weighted by molar-refractivity contribution is 7.11. The summed E-state index contributed by atoms with van der Waals surface area (Å²) in [6.07, 6.45) is 1.52. The molecular weight excluding hydrogens is 282 g/mol. The molecule has 0 saturated heterocycles. The second kappa shape index (κ2) is 5.67. The fourth-order valence-electron chi connectivity index (χ4n) is 1.84. The van der Waals surface area contributed by atoms with Gasteiger partial charge in [0.2, 0.25) is 0 Å². The molecule has 4 nitrogen and oxygen atoms in total. The molecule has 2 aromatic heterocycles. The van der Waals surface area contributed by atoms with Crippen LogP contribution in [-0.2, 0) is 0 Å². The summed E-state index contributed by atoms with van der Waals surface area (Å²) < 4.78 is 0. The van der Waals surface area contributed by atoms with Gasteiger partial charge in [0.15, 0.2) is 0 Å². The predicted molar refractivity (Wildman–Crippen MR) is 76.7 cm³/mol. The molecule has 1 unspecified atom stereocenters. The van der Waals surface area contributed by atoms with Crippen LogP contribution < -0.4 is 5.32 Å². The molecule has 2 aromatic rings. The predicted octanol–water partition coefficient (Wildman–Crippen LogP) is 3.30. The number of thiazole rings is 1.